The zero-order valence-corrected chi connectivity index (χ0v) is 40.4. The lowest BCUT2D eigenvalue weighted by Gasteiger charge is -2.31. The van der Waals surface area contributed by atoms with Crippen LogP contribution in [-0.2, 0) is 28.5 Å². The van der Waals surface area contributed by atoms with Crippen LogP contribution in [0.3, 0.4) is 0 Å². The van der Waals surface area contributed by atoms with Crippen molar-refractivity contribution in [2.45, 2.75) is 236 Å². The average Bonchev–Trinajstić information content (AvgIpc) is 3.05. The number of amides is 2. The number of nitrogens with one attached hydrogen (secondary N) is 2. The lowest BCUT2D eigenvalue weighted by Crippen LogP contribution is -2.43. The summed E-state index contributed by atoms with van der Waals surface area (Å²) in [5, 5.41) is 15.7. The lowest BCUT2D eigenvalue weighted by molar-refractivity contribution is -0.120. The standard InChI is InChI=1S/C24H47NO4.C23H45NO5/c1-10-16-28-22(20(18(4)5)15-14-17(2)3)13-11-12-21(19(6)26)25-23(27)29-24(7,8)9;1-9-15-28-21(19(17(4)25)14-13-16(2)3)12-10-11-20(18(5)26)24-22(27)29-23(6,7)8/h17-18,20-22H,10-16H2,1-9H3,(H,25,27);16-17,19-21,25H,9-15H2,1-8H3,(H,24,27)/t20-,21-,22-;17-,19-,20-,21-/m00/s1. The fraction of sp³-hybridized carbons (Fsp3) is 0.915. The van der Waals surface area contributed by atoms with Crippen LogP contribution in [0.25, 0.3) is 0 Å². The minimum Gasteiger partial charge on any atom is -0.444 e. The zero-order valence-electron chi connectivity index (χ0n) is 40.4. The summed E-state index contributed by atoms with van der Waals surface area (Å²) in [6, 6.07) is -1.08. The maximum absolute atomic E-state index is 12.0. The molecule has 0 unspecified atom stereocenters. The van der Waals surface area contributed by atoms with Gasteiger partial charge in [-0.1, -0.05) is 68.2 Å². The molecule has 7 atom stereocenters. The van der Waals surface area contributed by atoms with Crippen LogP contribution in [0, 0.1) is 29.6 Å². The second-order valence-corrected chi connectivity index (χ2v) is 19.6. The van der Waals surface area contributed by atoms with E-state index < -0.39 is 41.6 Å². The first-order valence-corrected chi connectivity index (χ1v) is 22.6. The van der Waals surface area contributed by atoms with Crippen LogP contribution in [0.4, 0.5) is 9.59 Å². The van der Waals surface area contributed by atoms with Gasteiger partial charge in [-0.2, -0.15) is 0 Å². The number of hydrogen-bond donors (Lipinski definition) is 3. The third-order valence-corrected chi connectivity index (χ3v) is 9.98. The summed E-state index contributed by atoms with van der Waals surface area (Å²) >= 11 is 0. The van der Waals surface area contributed by atoms with Crippen molar-refractivity contribution in [3.63, 3.8) is 0 Å². The minimum absolute atomic E-state index is 0.0397. The summed E-state index contributed by atoms with van der Waals surface area (Å²) in [6.07, 6.45) is 9.16. The molecule has 0 aliphatic carbocycles. The number of ether oxygens (including phenoxy) is 4. The van der Waals surface area contributed by atoms with Crippen molar-refractivity contribution in [1.82, 2.24) is 10.6 Å². The number of carbonyl (C=O) groups excluding carboxylic acids is 4. The van der Waals surface area contributed by atoms with Crippen molar-refractivity contribution < 1.29 is 43.2 Å². The van der Waals surface area contributed by atoms with Gasteiger partial charge >= 0.3 is 12.2 Å². The monoisotopic (exact) mass is 829 g/mol. The highest BCUT2D eigenvalue weighted by Gasteiger charge is 2.29. The summed E-state index contributed by atoms with van der Waals surface area (Å²) in [4.78, 5) is 48.0. The van der Waals surface area contributed by atoms with E-state index in [1.807, 2.05) is 27.7 Å². The number of aliphatic hydroxyl groups excluding tert-OH is 1. The van der Waals surface area contributed by atoms with Crippen LogP contribution in [0.5, 0.6) is 0 Å². The minimum atomic E-state index is -0.606. The van der Waals surface area contributed by atoms with Gasteiger partial charge in [0.15, 0.2) is 11.6 Å². The number of Topliss-reactive ketones (excluding diaryl/α,β-unsaturated/α-hetero) is 2. The summed E-state index contributed by atoms with van der Waals surface area (Å²) in [5.41, 5.74) is -1.18. The molecule has 0 radical (unpaired) electrons. The Hall–Kier alpha value is -2.24. The van der Waals surface area contributed by atoms with Gasteiger partial charge in [-0.25, -0.2) is 9.59 Å². The van der Waals surface area contributed by atoms with Gasteiger partial charge in [-0.15, -0.1) is 0 Å². The first-order valence-electron chi connectivity index (χ1n) is 22.6. The van der Waals surface area contributed by atoms with E-state index in [1.165, 1.54) is 20.3 Å². The lowest BCUT2D eigenvalue weighted by atomic mass is 9.82. The fourth-order valence-corrected chi connectivity index (χ4v) is 6.82. The second kappa shape index (κ2) is 30.7. The number of hydrogen-bond acceptors (Lipinski definition) is 9. The molecule has 0 fully saturated rings. The van der Waals surface area contributed by atoms with Gasteiger partial charge in [0.25, 0.3) is 0 Å². The third kappa shape index (κ3) is 30.8. The molecule has 0 saturated heterocycles. The van der Waals surface area contributed by atoms with E-state index in [1.54, 1.807) is 20.8 Å². The molecule has 0 rings (SSSR count). The van der Waals surface area contributed by atoms with Crippen LogP contribution >= 0.6 is 0 Å². The zero-order chi connectivity index (χ0) is 45.2. The highest BCUT2D eigenvalue weighted by atomic mass is 16.6. The van der Waals surface area contributed by atoms with Gasteiger partial charge < -0.3 is 34.7 Å². The van der Waals surface area contributed by atoms with Crippen molar-refractivity contribution in [2.24, 2.45) is 29.6 Å². The average molecular weight is 829 g/mol. The summed E-state index contributed by atoms with van der Waals surface area (Å²) in [5.74, 6) is 2.26. The second-order valence-electron chi connectivity index (χ2n) is 19.6. The molecule has 0 bridgehead atoms. The van der Waals surface area contributed by atoms with Crippen LogP contribution < -0.4 is 10.6 Å². The molecule has 0 spiro atoms. The largest absolute Gasteiger partial charge is 0.444 e. The number of carbonyl (C=O) groups is 4. The molecule has 0 aliphatic rings. The van der Waals surface area contributed by atoms with Crippen LogP contribution in [-0.4, -0.2) is 83.7 Å². The molecule has 0 aromatic rings. The smallest absolute Gasteiger partial charge is 0.408 e. The van der Waals surface area contributed by atoms with Crippen molar-refractivity contribution in [2.75, 3.05) is 13.2 Å². The Kier molecular flexibility index (Phi) is 30.7. The summed E-state index contributed by atoms with van der Waals surface area (Å²) < 4.78 is 22.9. The molecule has 0 aromatic heterocycles. The van der Waals surface area contributed by atoms with Gasteiger partial charge in [-0.3, -0.25) is 9.59 Å². The van der Waals surface area contributed by atoms with Gasteiger partial charge in [0, 0.05) is 19.1 Å². The van der Waals surface area contributed by atoms with Gasteiger partial charge in [0.05, 0.1) is 30.4 Å². The third-order valence-electron chi connectivity index (χ3n) is 9.98. The SMILES string of the molecule is CCCO[C@@H](CCC[C@H](NC(=O)OC(C)(C)C)C(C)=O)[C@@H](CCC(C)C)C(C)C.CCCO[C@@H](CCC[C@H](NC(=O)OC(C)(C)C)C(C)=O)[C@@H](CCC(C)C)[C@H](C)O. The van der Waals surface area contributed by atoms with E-state index in [9.17, 15) is 24.3 Å². The molecule has 344 valence electrons. The first kappa shape index (κ1) is 57.9. The van der Waals surface area contributed by atoms with E-state index in [0.29, 0.717) is 43.1 Å². The Morgan fingerprint density at radius 1 is 0.534 bits per heavy atom. The van der Waals surface area contributed by atoms with Crippen LogP contribution in [0.1, 0.15) is 195 Å². The number of aliphatic hydroxyl groups is 1. The topological polar surface area (TPSA) is 149 Å². The molecular weight excluding hydrogens is 737 g/mol. The molecule has 58 heavy (non-hydrogen) atoms. The highest BCUT2D eigenvalue weighted by Crippen LogP contribution is 2.29. The van der Waals surface area contributed by atoms with E-state index in [-0.39, 0.29) is 29.7 Å². The van der Waals surface area contributed by atoms with Gasteiger partial charge in [0.1, 0.15) is 11.2 Å². The Morgan fingerprint density at radius 3 is 1.16 bits per heavy atom. The number of rotatable bonds is 28. The van der Waals surface area contributed by atoms with Crippen molar-refractivity contribution in [3.8, 4) is 0 Å². The number of ketones is 2. The Labute approximate surface area is 356 Å². The highest BCUT2D eigenvalue weighted by molar-refractivity contribution is 5.86. The molecule has 3 N–H and O–H groups in total. The number of alkyl carbamates (subject to hydrolysis) is 2. The summed E-state index contributed by atoms with van der Waals surface area (Å²) in [7, 11) is 0. The molecule has 0 saturated carbocycles. The van der Waals surface area contributed by atoms with Crippen molar-refractivity contribution in [3.05, 3.63) is 0 Å². The predicted molar refractivity (Wildman–Crippen MR) is 237 cm³/mol. The van der Waals surface area contributed by atoms with Crippen LogP contribution in [0.15, 0.2) is 0 Å². The summed E-state index contributed by atoms with van der Waals surface area (Å²) in [6.45, 7) is 34.7. The maximum Gasteiger partial charge on any atom is 0.408 e. The van der Waals surface area contributed by atoms with E-state index >= 15 is 0 Å². The maximum atomic E-state index is 12.0. The molecule has 11 nitrogen and oxygen atoms in total. The quantitative estimate of drug-likeness (QED) is 0.0700. The van der Waals surface area contributed by atoms with Crippen LogP contribution in [0.2, 0.25) is 0 Å². The molecule has 0 aromatic carbocycles. The molecule has 11 heteroatoms. The van der Waals surface area contributed by atoms with E-state index in [2.05, 4.69) is 66.0 Å². The molecule has 0 aliphatic heterocycles. The Morgan fingerprint density at radius 2 is 0.879 bits per heavy atom. The molecular formula is C47H92N2O9. The Balaban J connectivity index is 0. The van der Waals surface area contributed by atoms with Crippen molar-refractivity contribution in [1.29, 1.82) is 0 Å². The predicted octanol–water partition coefficient (Wildman–Crippen LogP) is 11.0. The molecule has 0 heterocycles. The molecule has 2 amide bonds. The first-order chi connectivity index (χ1) is 26.7. The van der Waals surface area contributed by atoms with Crippen molar-refractivity contribution >= 4 is 23.8 Å². The normalized spacial score (nSPS) is 15.7. The van der Waals surface area contributed by atoms with E-state index in [4.69, 9.17) is 18.9 Å². The van der Waals surface area contributed by atoms with Gasteiger partial charge in [0.2, 0.25) is 0 Å². The Bertz CT molecular complexity index is 1020. The fourth-order valence-electron chi connectivity index (χ4n) is 6.82. The van der Waals surface area contributed by atoms with E-state index in [0.717, 1.165) is 64.4 Å². The van der Waals surface area contributed by atoms with Gasteiger partial charge in [-0.05, 0) is 150 Å².